The summed E-state index contributed by atoms with van der Waals surface area (Å²) in [6.07, 6.45) is 3.39. The highest BCUT2D eigenvalue weighted by Gasteiger charge is 2.48. The van der Waals surface area contributed by atoms with Gasteiger partial charge in [0, 0.05) is 0 Å². The van der Waals surface area contributed by atoms with E-state index in [1.54, 1.807) is 0 Å². The second-order valence-corrected chi connectivity index (χ2v) is 4.31. The topological polar surface area (TPSA) is 20.2 Å². The first-order valence-corrected chi connectivity index (χ1v) is 4.77. The Labute approximate surface area is 59.8 Å². The van der Waals surface area contributed by atoms with Crippen molar-refractivity contribution in [3.8, 4) is 0 Å². The van der Waals surface area contributed by atoms with Gasteiger partial charge in [0.05, 0.1) is 5.60 Å². The lowest BCUT2D eigenvalue weighted by molar-refractivity contribution is 0.0944. The van der Waals surface area contributed by atoms with Crippen LogP contribution in [-0.2, 0) is 0 Å². The van der Waals surface area contributed by atoms with Crippen molar-refractivity contribution < 1.29 is 5.11 Å². The zero-order valence-electron chi connectivity index (χ0n) is 5.47. The molecule has 1 saturated heterocycles. The lowest BCUT2D eigenvalue weighted by Gasteiger charge is -2.13. The molecule has 0 amide bonds. The first-order chi connectivity index (χ1) is 4.31. The van der Waals surface area contributed by atoms with Crippen LogP contribution in [0.5, 0.6) is 0 Å². The van der Waals surface area contributed by atoms with Crippen LogP contribution in [0.1, 0.15) is 19.3 Å². The van der Waals surface area contributed by atoms with E-state index >= 15 is 0 Å². The third kappa shape index (κ3) is 0.987. The zero-order valence-corrected chi connectivity index (χ0v) is 6.28. The molecule has 2 heteroatoms. The quantitative estimate of drug-likeness (QED) is 0.598. The summed E-state index contributed by atoms with van der Waals surface area (Å²) in [5.41, 5.74) is -0.191. The molecule has 0 aromatic carbocycles. The molecule has 0 spiro atoms. The van der Waals surface area contributed by atoms with Crippen LogP contribution in [0.15, 0.2) is 0 Å². The van der Waals surface area contributed by atoms with Crippen LogP contribution in [0.4, 0.5) is 0 Å². The molecule has 1 N–H and O–H groups in total. The van der Waals surface area contributed by atoms with Gasteiger partial charge in [0.15, 0.2) is 0 Å². The van der Waals surface area contributed by atoms with E-state index < -0.39 is 0 Å². The van der Waals surface area contributed by atoms with Gasteiger partial charge in [-0.2, -0.15) is 11.8 Å². The van der Waals surface area contributed by atoms with Crippen molar-refractivity contribution >= 4 is 11.8 Å². The van der Waals surface area contributed by atoms with E-state index in [0.29, 0.717) is 5.92 Å². The molecule has 0 aromatic heterocycles. The van der Waals surface area contributed by atoms with Crippen LogP contribution in [0.3, 0.4) is 0 Å². The standard InChI is InChI=1S/C7H12OS/c8-7(2-3-7)6-1-4-9-5-6/h6,8H,1-5H2. The second-order valence-electron chi connectivity index (χ2n) is 3.16. The molecule has 1 heterocycles. The average Bonchev–Trinajstić information content (AvgIpc) is 2.46. The van der Waals surface area contributed by atoms with E-state index in [1.807, 2.05) is 11.8 Å². The first kappa shape index (κ1) is 6.05. The van der Waals surface area contributed by atoms with Gasteiger partial charge < -0.3 is 5.11 Å². The minimum atomic E-state index is -0.191. The van der Waals surface area contributed by atoms with Crippen LogP contribution in [0, 0.1) is 5.92 Å². The molecular weight excluding hydrogens is 132 g/mol. The minimum Gasteiger partial charge on any atom is -0.390 e. The van der Waals surface area contributed by atoms with E-state index in [-0.39, 0.29) is 5.60 Å². The molecular formula is C7H12OS. The molecule has 2 aliphatic rings. The maximum absolute atomic E-state index is 9.62. The Kier molecular flexibility index (Phi) is 1.27. The molecule has 0 bridgehead atoms. The second kappa shape index (κ2) is 1.89. The SMILES string of the molecule is OC1(C2CCSC2)CC1. The average molecular weight is 144 g/mol. The Hall–Kier alpha value is 0.310. The molecule has 1 aliphatic heterocycles. The van der Waals surface area contributed by atoms with Gasteiger partial charge in [-0.25, -0.2) is 0 Å². The summed E-state index contributed by atoms with van der Waals surface area (Å²) in [6.45, 7) is 0. The molecule has 1 saturated carbocycles. The van der Waals surface area contributed by atoms with Gasteiger partial charge in [-0.15, -0.1) is 0 Å². The van der Waals surface area contributed by atoms with Crippen LogP contribution in [0.2, 0.25) is 0 Å². The Morgan fingerprint density at radius 2 is 2.22 bits per heavy atom. The fourth-order valence-corrected chi connectivity index (χ4v) is 2.87. The van der Waals surface area contributed by atoms with E-state index in [4.69, 9.17) is 0 Å². The molecule has 2 rings (SSSR count). The first-order valence-electron chi connectivity index (χ1n) is 3.61. The normalized spacial score (nSPS) is 39.0. The molecule has 2 fully saturated rings. The highest BCUT2D eigenvalue weighted by Crippen LogP contribution is 2.47. The van der Waals surface area contributed by atoms with Gasteiger partial charge in [-0.05, 0) is 36.7 Å². The molecule has 9 heavy (non-hydrogen) atoms. The fraction of sp³-hybridized carbons (Fsp3) is 1.00. The predicted octanol–water partition coefficient (Wildman–Crippen LogP) is 1.26. The van der Waals surface area contributed by atoms with Gasteiger partial charge in [0.25, 0.3) is 0 Å². The maximum atomic E-state index is 9.62. The number of rotatable bonds is 1. The van der Waals surface area contributed by atoms with Gasteiger partial charge in [-0.1, -0.05) is 0 Å². The minimum absolute atomic E-state index is 0.191. The Bertz CT molecular complexity index is 114. The highest BCUT2D eigenvalue weighted by molar-refractivity contribution is 7.99. The molecule has 1 aliphatic carbocycles. The Morgan fingerprint density at radius 3 is 2.67 bits per heavy atom. The smallest absolute Gasteiger partial charge is 0.0686 e. The summed E-state index contributed by atoms with van der Waals surface area (Å²) in [7, 11) is 0. The van der Waals surface area contributed by atoms with Crippen molar-refractivity contribution in [2.24, 2.45) is 5.92 Å². The molecule has 1 atom stereocenters. The van der Waals surface area contributed by atoms with Crippen LogP contribution in [-0.4, -0.2) is 22.2 Å². The molecule has 1 unspecified atom stereocenters. The van der Waals surface area contributed by atoms with E-state index in [0.717, 1.165) is 12.8 Å². The fourth-order valence-electron chi connectivity index (χ4n) is 1.49. The van der Waals surface area contributed by atoms with Gasteiger partial charge in [0.2, 0.25) is 0 Å². The van der Waals surface area contributed by atoms with Crippen molar-refractivity contribution in [3.63, 3.8) is 0 Å². The summed E-state index contributed by atoms with van der Waals surface area (Å²) in [6, 6.07) is 0. The third-order valence-electron chi connectivity index (χ3n) is 2.45. The van der Waals surface area contributed by atoms with Crippen LogP contribution in [0.25, 0.3) is 0 Å². The predicted molar refractivity (Wildman–Crippen MR) is 39.6 cm³/mol. The number of aliphatic hydroxyl groups is 1. The molecule has 0 radical (unpaired) electrons. The summed E-state index contributed by atoms with van der Waals surface area (Å²) in [5.74, 6) is 3.12. The summed E-state index contributed by atoms with van der Waals surface area (Å²) >= 11 is 1.99. The summed E-state index contributed by atoms with van der Waals surface area (Å²) in [4.78, 5) is 0. The van der Waals surface area contributed by atoms with Crippen molar-refractivity contribution in [2.45, 2.75) is 24.9 Å². The molecule has 1 nitrogen and oxygen atoms in total. The Morgan fingerprint density at radius 1 is 1.44 bits per heavy atom. The Balaban J connectivity index is 1.97. The third-order valence-corrected chi connectivity index (χ3v) is 3.61. The van der Waals surface area contributed by atoms with Crippen molar-refractivity contribution in [3.05, 3.63) is 0 Å². The lowest BCUT2D eigenvalue weighted by Crippen LogP contribution is -2.20. The monoisotopic (exact) mass is 144 g/mol. The zero-order chi connectivity index (χ0) is 6.32. The maximum Gasteiger partial charge on any atom is 0.0686 e. The van der Waals surface area contributed by atoms with Crippen molar-refractivity contribution in [1.29, 1.82) is 0 Å². The van der Waals surface area contributed by atoms with Gasteiger partial charge >= 0.3 is 0 Å². The van der Waals surface area contributed by atoms with Gasteiger partial charge in [-0.3, -0.25) is 0 Å². The lowest BCUT2D eigenvalue weighted by atomic mass is 10.0. The molecule has 0 aromatic rings. The number of hydrogen-bond acceptors (Lipinski definition) is 2. The van der Waals surface area contributed by atoms with E-state index in [2.05, 4.69) is 0 Å². The molecule has 52 valence electrons. The van der Waals surface area contributed by atoms with Crippen molar-refractivity contribution in [2.75, 3.05) is 11.5 Å². The van der Waals surface area contributed by atoms with Crippen molar-refractivity contribution in [1.82, 2.24) is 0 Å². The number of thioether (sulfide) groups is 1. The largest absolute Gasteiger partial charge is 0.390 e. The van der Waals surface area contributed by atoms with E-state index in [9.17, 15) is 5.11 Å². The van der Waals surface area contributed by atoms with Crippen LogP contribution >= 0.6 is 11.8 Å². The highest BCUT2D eigenvalue weighted by atomic mass is 32.2. The van der Waals surface area contributed by atoms with Gasteiger partial charge in [0.1, 0.15) is 0 Å². The van der Waals surface area contributed by atoms with E-state index in [1.165, 1.54) is 17.9 Å². The number of hydrogen-bond donors (Lipinski definition) is 1. The van der Waals surface area contributed by atoms with Crippen LogP contribution < -0.4 is 0 Å². The summed E-state index contributed by atoms with van der Waals surface area (Å²) < 4.78 is 0. The summed E-state index contributed by atoms with van der Waals surface area (Å²) in [5, 5.41) is 9.62.